The highest BCUT2D eigenvalue weighted by molar-refractivity contribution is 6.07. The minimum Gasteiger partial charge on any atom is -0.324 e. The fourth-order valence-electron chi connectivity index (χ4n) is 2.40. The molecule has 2 aliphatic rings. The van der Waals surface area contributed by atoms with Gasteiger partial charge in [-0.15, -0.1) is 0 Å². The fraction of sp³-hybridized carbons (Fsp3) is 0.312. The van der Waals surface area contributed by atoms with E-state index in [1.807, 2.05) is 45.0 Å². The summed E-state index contributed by atoms with van der Waals surface area (Å²) in [6, 6.07) is 6.87. The number of carbonyl (C=O) groups excluding carboxylic acids is 2. The minimum atomic E-state index is -0.652. The molecule has 1 aromatic rings. The third-order valence-corrected chi connectivity index (χ3v) is 3.71. The molecule has 0 saturated carbocycles. The van der Waals surface area contributed by atoms with E-state index < -0.39 is 6.04 Å². The number of hydrogen-bond donors (Lipinski definition) is 3. The Labute approximate surface area is 134 Å². The first-order chi connectivity index (χ1) is 10.9. The summed E-state index contributed by atoms with van der Waals surface area (Å²) in [4.78, 5) is 28.7. The summed E-state index contributed by atoms with van der Waals surface area (Å²) in [5.74, 6) is 0.539. The first-order valence-corrected chi connectivity index (χ1v) is 7.43. The van der Waals surface area contributed by atoms with Crippen LogP contribution in [0.25, 0.3) is 0 Å². The van der Waals surface area contributed by atoms with Crippen LogP contribution in [0.3, 0.4) is 0 Å². The van der Waals surface area contributed by atoms with Gasteiger partial charge in [0.15, 0.2) is 0 Å². The van der Waals surface area contributed by atoms with Gasteiger partial charge >= 0.3 is 0 Å². The normalized spacial score (nSPS) is 19.5. The average Bonchev–Trinajstić information content (AvgIpc) is 2.92. The monoisotopic (exact) mass is 313 g/mol. The number of fused-ring (bicyclic) bond motifs is 1. The van der Waals surface area contributed by atoms with E-state index in [2.05, 4.69) is 21.1 Å². The van der Waals surface area contributed by atoms with Crippen LogP contribution in [0.4, 0.5) is 5.69 Å². The number of nitrogens with zero attached hydrogens (tertiary/aromatic N) is 2. The van der Waals surface area contributed by atoms with E-state index in [4.69, 9.17) is 0 Å². The van der Waals surface area contributed by atoms with Crippen LogP contribution < -0.4 is 16.1 Å². The predicted octanol–water partition coefficient (Wildman–Crippen LogP) is 1.25. The second kappa shape index (κ2) is 5.75. The lowest BCUT2D eigenvalue weighted by molar-refractivity contribution is -0.129. The SMILES string of the molecule is CC(C)=C1N=C2NC(=O)C[C@H](C(=O)Nc3ccc(C)cc3)N2N1. The molecule has 2 amide bonds. The molecular weight excluding hydrogens is 294 g/mol. The molecule has 0 spiro atoms. The average molecular weight is 313 g/mol. The molecule has 0 aromatic heterocycles. The molecule has 1 saturated heterocycles. The van der Waals surface area contributed by atoms with Gasteiger partial charge in [-0.3, -0.25) is 20.3 Å². The molecule has 0 unspecified atom stereocenters. The van der Waals surface area contributed by atoms with Gasteiger partial charge in [0.25, 0.3) is 0 Å². The smallest absolute Gasteiger partial charge is 0.249 e. The maximum atomic E-state index is 12.6. The highest BCUT2D eigenvalue weighted by Gasteiger charge is 2.39. The molecule has 1 atom stereocenters. The zero-order valence-corrected chi connectivity index (χ0v) is 13.3. The summed E-state index contributed by atoms with van der Waals surface area (Å²) in [6.07, 6.45) is 0.0692. The van der Waals surface area contributed by atoms with Crippen LogP contribution in [0.15, 0.2) is 40.7 Å². The summed E-state index contributed by atoms with van der Waals surface area (Å²) in [5, 5.41) is 7.13. The van der Waals surface area contributed by atoms with E-state index in [-0.39, 0.29) is 18.2 Å². The van der Waals surface area contributed by atoms with Crippen molar-refractivity contribution in [3.63, 3.8) is 0 Å². The fourth-order valence-corrected chi connectivity index (χ4v) is 2.40. The lowest BCUT2D eigenvalue weighted by Gasteiger charge is -2.32. The maximum absolute atomic E-state index is 12.6. The summed E-state index contributed by atoms with van der Waals surface area (Å²) < 4.78 is 0. The molecule has 7 heteroatoms. The Balaban J connectivity index is 1.80. The lowest BCUT2D eigenvalue weighted by Crippen LogP contribution is -2.61. The predicted molar refractivity (Wildman–Crippen MR) is 87.1 cm³/mol. The number of anilines is 1. The van der Waals surface area contributed by atoms with E-state index >= 15 is 0 Å². The molecule has 0 radical (unpaired) electrons. The Kier molecular flexibility index (Phi) is 3.77. The highest BCUT2D eigenvalue weighted by atomic mass is 16.2. The third kappa shape index (κ3) is 3.03. The molecule has 23 heavy (non-hydrogen) atoms. The molecule has 1 fully saturated rings. The summed E-state index contributed by atoms with van der Waals surface area (Å²) in [6.45, 7) is 5.80. The van der Waals surface area contributed by atoms with Crippen molar-refractivity contribution in [2.45, 2.75) is 33.2 Å². The van der Waals surface area contributed by atoms with Crippen LogP contribution in [0, 0.1) is 6.92 Å². The zero-order chi connectivity index (χ0) is 16.6. The Bertz CT molecular complexity index is 716. The highest BCUT2D eigenvalue weighted by Crippen LogP contribution is 2.19. The number of aliphatic imine (C=N–C) groups is 1. The molecular formula is C16H19N5O2. The number of aryl methyl sites for hydroxylation is 1. The van der Waals surface area contributed by atoms with Gasteiger partial charge in [-0.05, 0) is 38.5 Å². The number of carbonyl (C=O) groups is 2. The number of allylic oxidation sites excluding steroid dienone is 1. The van der Waals surface area contributed by atoms with Crippen LogP contribution in [-0.4, -0.2) is 28.8 Å². The van der Waals surface area contributed by atoms with Crippen LogP contribution in [-0.2, 0) is 9.59 Å². The van der Waals surface area contributed by atoms with E-state index in [0.29, 0.717) is 17.5 Å². The second-order valence-corrected chi connectivity index (χ2v) is 5.89. The van der Waals surface area contributed by atoms with Crippen LogP contribution in [0.5, 0.6) is 0 Å². The van der Waals surface area contributed by atoms with Crippen molar-refractivity contribution >= 4 is 23.5 Å². The van der Waals surface area contributed by atoms with Gasteiger partial charge in [-0.1, -0.05) is 17.7 Å². The van der Waals surface area contributed by atoms with Crippen molar-refractivity contribution in [2.24, 2.45) is 4.99 Å². The molecule has 0 bridgehead atoms. The van der Waals surface area contributed by atoms with Crippen LogP contribution >= 0.6 is 0 Å². The Morgan fingerprint density at radius 2 is 2.00 bits per heavy atom. The summed E-state index contributed by atoms with van der Waals surface area (Å²) in [5.41, 5.74) is 5.86. The Hall–Kier alpha value is -2.83. The summed E-state index contributed by atoms with van der Waals surface area (Å²) in [7, 11) is 0. The molecule has 1 aromatic carbocycles. The van der Waals surface area contributed by atoms with Gasteiger partial charge in [-0.25, -0.2) is 5.01 Å². The third-order valence-electron chi connectivity index (χ3n) is 3.71. The molecule has 2 aliphatic heterocycles. The molecule has 120 valence electrons. The van der Waals surface area contributed by atoms with Crippen molar-refractivity contribution in [3.05, 3.63) is 41.2 Å². The number of amides is 2. The number of guanidine groups is 1. The van der Waals surface area contributed by atoms with E-state index in [9.17, 15) is 9.59 Å². The largest absolute Gasteiger partial charge is 0.324 e. The molecule has 0 aliphatic carbocycles. The van der Waals surface area contributed by atoms with Crippen LogP contribution in [0.1, 0.15) is 25.8 Å². The van der Waals surface area contributed by atoms with Gasteiger partial charge in [0.1, 0.15) is 11.9 Å². The molecule has 3 rings (SSSR count). The van der Waals surface area contributed by atoms with Gasteiger partial charge in [-0.2, -0.15) is 4.99 Å². The van der Waals surface area contributed by atoms with Crippen molar-refractivity contribution < 1.29 is 9.59 Å². The number of rotatable bonds is 2. The summed E-state index contributed by atoms with van der Waals surface area (Å²) >= 11 is 0. The number of hydrazine groups is 1. The first-order valence-electron chi connectivity index (χ1n) is 7.43. The quantitative estimate of drug-likeness (QED) is 0.767. The molecule has 7 nitrogen and oxygen atoms in total. The zero-order valence-electron chi connectivity index (χ0n) is 13.3. The standard InChI is InChI=1S/C16H19N5O2/c1-9(2)14-19-16-18-13(22)8-12(21(16)20-14)15(23)17-11-6-4-10(3)5-7-11/h4-7,12,20H,8H2,1-3H3,(H,17,23)(H,18,19,22)/t12-/m1/s1. The number of hydrogen-bond acceptors (Lipinski definition) is 5. The Morgan fingerprint density at radius 1 is 1.30 bits per heavy atom. The topological polar surface area (TPSA) is 85.8 Å². The molecule has 2 heterocycles. The van der Waals surface area contributed by atoms with Gasteiger partial charge < -0.3 is 5.32 Å². The maximum Gasteiger partial charge on any atom is 0.249 e. The van der Waals surface area contributed by atoms with Gasteiger partial charge in [0.2, 0.25) is 17.8 Å². The van der Waals surface area contributed by atoms with Crippen molar-refractivity contribution in [1.82, 2.24) is 15.8 Å². The van der Waals surface area contributed by atoms with Crippen molar-refractivity contribution in [2.75, 3.05) is 5.32 Å². The number of benzene rings is 1. The van der Waals surface area contributed by atoms with Crippen molar-refractivity contribution in [1.29, 1.82) is 0 Å². The second-order valence-electron chi connectivity index (χ2n) is 5.89. The van der Waals surface area contributed by atoms with E-state index in [1.54, 1.807) is 5.01 Å². The van der Waals surface area contributed by atoms with Gasteiger partial charge in [0.05, 0.1) is 6.42 Å². The Morgan fingerprint density at radius 3 is 2.65 bits per heavy atom. The first kappa shape index (κ1) is 15.1. The van der Waals surface area contributed by atoms with E-state index in [1.165, 1.54) is 0 Å². The van der Waals surface area contributed by atoms with Crippen LogP contribution in [0.2, 0.25) is 0 Å². The van der Waals surface area contributed by atoms with Gasteiger partial charge in [0, 0.05) is 5.69 Å². The van der Waals surface area contributed by atoms with Crippen molar-refractivity contribution in [3.8, 4) is 0 Å². The van der Waals surface area contributed by atoms with E-state index in [0.717, 1.165) is 11.1 Å². The number of nitrogens with one attached hydrogen (secondary N) is 3. The molecule has 3 N–H and O–H groups in total. The lowest BCUT2D eigenvalue weighted by atomic mass is 10.1. The minimum absolute atomic E-state index is 0.0692.